The Kier molecular flexibility index (Phi) is 4.39. The second kappa shape index (κ2) is 6.04. The third-order valence-electron chi connectivity index (χ3n) is 3.59. The maximum Gasteiger partial charge on any atom is 0.407 e. The zero-order valence-corrected chi connectivity index (χ0v) is 10.9. The molecule has 1 aliphatic heterocycles. The van der Waals surface area contributed by atoms with Crippen LogP contribution in [0.4, 0.5) is 4.79 Å². The Balaban J connectivity index is 1.75. The zero-order valence-electron chi connectivity index (χ0n) is 10.9. The van der Waals surface area contributed by atoms with Gasteiger partial charge in [0.2, 0.25) is 0 Å². The summed E-state index contributed by atoms with van der Waals surface area (Å²) in [5.74, 6) is 0. The van der Waals surface area contributed by atoms with E-state index in [-0.39, 0.29) is 0 Å². The van der Waals surface area contributed by atoms with Crippen molar-refractivity contribution >= 4 is 6.09 Å². The van der Waals surface area contributed by atoms with Crippen LogP contribution in [-0.4, -0.2) is 46.4 Å². The largest absolute Gasteiger partial charge is 0.465 e. The number of likely N-dealkylation sites (tertiary alicyclic amines) is 1. The van der Waals surface area contributed by atoms with Gasteiger partial charge < -0.3 is 20.4 Å². The second-order valence-electron chi connectivity index (χ2n) is 5.08. The predicted octanol–water partition coefficient (Wildman–Crippen LogP) is 1.28. The van der Waals surface area contributed by atoms with E-state index in [4.69, 9.17) is 5.11 Å². The van der Waals surface area contributed by atoms with E-state index in [1.54, 1.807) is 0 Å². The smallest absolute Gasteiger partial charge is 0.407 e. The molecule has 104 valence electrons. The summed E-state index contributed by atoms with van der Waals surface area (Å²) < 4.78 is 0. The summed E-state index contributed by atoms with van der Waals surface area (Å²) >= 11 is 0. The Morgan fingerprint density at radius 1 is 1.26 bits per heavy atom. The molecule has 0 aliphatic carbocycles. The summed E-state index contributed by atoms with van der Waals surface area (Å²) in [5.41, 5.74) is 0.384. The third kappa shape index (κ3) is 3.94. The van der Waals surface area contributed by atoms with E-state index in [1.165, 1.54) is 10.5 Å². The number of aliphatic hydroxyl groups is 1. The van der Waals surface area contributed by atoms with Gasteiger partial charge in [-0.15, -0.1) is 0 Å². The van der Waals surface area contributed by atoms with Crippen molar-refractivity contribution in [3.63, 3.8) is 0 Å². The second-order valence-corrected chi connectivity index (χ2v) is 5.08. The van der Waals surface area contributed by atoms with Crippen LogP contribution in [0.3, 0.4) is 0 Å². The van der Waals surface area contributed by atoms with Crippen LogP contribution in [0, 0.1) is 0 Å². The number of nitrogens with zero attached hydrogens (tertiary/aromatic N) is 1. The van der Waals surface area contributed by atoms with Crippen molar-refractivity contribution in [3.05, 3.63) is 35.9 Å². The average molecular weight is 264 g/mol. The lowest BCUT2D eigenvalue weighted by Gasteiger charge is -2.37. The van der Waals surface area contributed by atoms with Gasteiger partial charge >= 0.3 is 6.09 Å². The number of benzene rings is 1. The third-order valence-corrected chi connectivity index (χ3v) is 3.59. The fourth-order valence-corrected chi connectivity index (χ4v) is 2.33. The minimum atomic E-state index is -0.903. The molecular weight excluding hydrogens is 244 g/mol. The number of piperidine rings is 1. The van der Waals surface area contributed by atoms with E-state index in [2.05, 4.69) is 5.32 Å². The maximum atomic E-state index is 10.8. The fraction of sp³-hybridized carbons (Fsp3) is 0.500. The molecule has 5 nitrogen and oxygen atoms in total. The average Bonchev–Trinajstić information content (AvgIpc) is 2.40. The summed E-state index contributed by atoms with van der Waals surface area (Å²) in [5, 5.41) is 22.5. The van der Waals surface area contributed by atoms with Gasteiger partial charge in [-0.1, -0.05) is 30.3 Å². The number of hydrogen-bond acceptors (Lipinski definition) is 3. The number of hydrogen-bond donors (Lipinski definition) is 3. The normalized spacial score (nSPS) is 18.3. The molecule has 3 N–H and O–H groups in total. The van der Waals surface area contributed by atoms with Crippen LogP contribution in [0.25, 0.3) is 0 Å². The van der Waals surface area contributed by atoms with Gasteiger partial charge in [-0.05, 0) is 18.4 Å². The first-order valence-electron chi connectivity index (χ1n) is 6.54. The number of carboxylic acid groups (broad SMARTS) is 1. The highest BCUT2D eigenvalue weighted by Crippen LogP contribution is 2.21. The van der Waals surface area contributed by atoms with Crippen LogP contribution in [0.15, 0.2) is 30.3 Å². The molecule has 1 heterocycles. The Labute approximate surface area is 112 Å². The first-order valence-corrected chi connectivity index (χ1v) is 6.54. The molecule has 0 atom stereocenters. The summed E-state index contributed by atoms with van der Waals surface area (Å²) in [6.07, 6.45) is 0.0710. The van der Waals surface area contributed by atoms with Crippen molar-refractivity contribution in [1.82, 2.24) is 10.2 Å². The molecule has 0 spiro atoms. The summed E-state index contributed by atoms with van der Waals surface area (Å²) in [7, 11) is 0. The SMILES string of the molecule is O=C(O)N1CCC(O)(CNCc2ccccc2)CC1. The molecule has 1 aromatic carbocycles. The van der Waals surface area contributed by atoms with Crippen LogP contribution >= 0.6 is 0 Å². The first kappa shape index (κ1) is 13.8. The molecule has 5 heteroatoms. The lowest BCUT2D eigenvalue weighted by atomic mass is 9.91. The van der Waals surface area contributed by atoms with Gasteiger partial charge in [-0.2, -0.15) is 0 Å². The molecule has 19 heavy (non-hydrogen) atoms. The molecule has 1 aromatic rings. The van der Waals surface area contributed by atoms with Crippen molar-refractivity contribution < 1.29 is 15.0 Å². The molecule has 1 saturated heterocycles. The minimum Gasteiger partial charge on any atom is -0.465 e. The van der Waals surface area contributed by atoms with Gasteiger partial charge in [-0.3, -0.25) is 0 Å². The predicted molar refractivity (Wildman–Crippen MR) is 71.9 cm³/mol. The molecule has 0 radical (unpaired) electrons. The van der Waals surface area contributed by atoms with E-state index >= 15 is 0 Å². The van der Waals surface area contributed by atoms with Gasteiger partial charge in [-0.25, -0.2) is 4.79 Å². The van der Waals surface area contributed by atoms with Crippen LogP contribution < -0.4 is 5.32 Å². The number of nitrogens with one attached hydrogen (secondary N) is 1. The number of carbonyl (C=O) groups is 1. The quantitative estimate of drug-likeness (QED) is 0.766. The zero-order chi connectivity index (χ0) is 13.7. The highest BCUT2D eigenvalue weighted by molar-refractivity contribution is 5.65. The number of amides is 1. The lowest BCUT2D eigenvalue weighted by Crippen LogP contribution is -2.50. The van der Waals surface area contributed by atoms with E-state index in [9.17, 15) is 9.90 Å². The number of rotatable bonds is 4. The van der Waals surface area contributed by atoms with Gasteiger partial charge in [0.1, 0.15) is 0 Å². The van der Waals surface area contributed by atoms with Crippen molar-refractivity contribution in [2.24, 2.45) is 0 Å². The summed E-state index contributed by atoms with van der Waals surface area (Å²) in [6.45, 7) is 2.01. The Bertz CT molecular complexity index is 414. The topological polar surface area (TPSA) is 72.8 Å². The highest BCUT2D eigenvalue weighted by atomic mass is 16.4. The Morgan fingerprint density at radius 2 is 1.89 bits per heavy atom. The van der Waals surface area contributed by atoms with Gasteiger partial charge in [0, 0.05) is 26.2 Å². The van der Waals surface area contributed by atoms with Crippen molar-refractivity contribution in [2.75, 3.05) is 19.6 Å². The van der Waals surface area contributed by atoms with E-state index in [0.717, 1.165) is 0 Å². The molecule has 1 aliphatic rings. The van der Waals surface area contributed by atoms with Crippen LogP contribution in [0.1, 0.15) is 18.4 Å². The minimum absolute atomic E-state index is 0.402. The first-order chi connectivity index (χ1) is 9.09. The van der Waals surface area contributed by atoms with Gasteiger partial charge in [0.05, 0.1) is 5.60 Å². The molecule has 2 rings (SSSR count). The van der Waals surface area contributed by atoms with Crippen LogP contribution in [0.2, 0.25) is 0 Å². The van der Waals surface area contributed by atoms with Crippen molar-refractivity contribution in [2.45, 2.75) is 25.0 Å². The highest BCUT2D eigenvalue weighted by Gasteiger charge is 2.33. The van der Waals surface area contributed by atoms with Crippen LogP contribution in [-0.2, 0) is 6.54 Å². The Hall–Kier alpha value is -1.59. The van der Waals surface area contributed by atoms with Gasteiger partial charge in [0.15, 0.2) is 0 Å². The molecule has 0 bridgehead atoms. The van der Waals surface area contributed by atoms with Crippen molar-refractivity contribution in [1.29, 1.82) is 0 Å². The van der Waals surface area contributed by atoms with Crippen LogP contribution in [0.5, 0.6) is 0 Å². The van der Waals surface area contributed by atoms with Gasteiger partial charge in [0.25, 0.3) is 0 Å². The maximum absolute atomic E-state index is 10.8. The molecule has 1 amide bonds. The molecular formula is C14H20N2O3. The van der Waals surface area contributed by atoms with Crippen molar-refractivity contribution in [3.8, 4) is 0 Å². The summed E-state index contributed by atoms with van der Waals surface area (Å²) in [4.78, 5) is 12.1. The molecule has 0 unspecified atom stereocenters. The van der Waals surface area contributed by atoms with E-state index < -0.39 is 11.7 Å². The summed E-state index contributed by atoms with van der Waals surface area (Å²) in [6, 6.07) is 10.0. The standard InChI is InChI=1S/C14H20N2O3/c17-13(18)16-8-6-14(19,7-9-16)11-15-10-12-4-2-1-3-5-12/h1-5,15,19H,6-11H2,(H,17,18). The monoisotopic (exact) mass is 264 g/mol. The lowest BCUT2D eigenvalue weighted by molar-refractivity contribution is -0.0157. The van der Waals surface area contributed by atoms with E-state index in [1.807, 2.05) is 30.3 Å². The Morgan fingerprint density at radius 3 is 2.47 bits per heavy atom. The fourth-order valence-electron chi connectivity index (χ4n) is 2.33. The molecule has 1 fully saturated rings. The molecule has 0 aromatic heterocycles. The van der Waals surface area contributed by atoms with E-state index in [0.29, 0.717) is 39.0 Å². The molecule has 0 saturated carbocycles.